The Hall–Kier alpha value is -1.38. The molecule has 0 aliphatic heterocycles. The predicted octanol–water partition coefficient (Wildman–Crippen LogP) is 5.80. The Morgan fingerprint density at radius 1 is 0.857 bits per heavy atom. The SMILES string of the molecule is COc1cc(OC)cc(-c2ccc(C(C)C)c(Cl)c2Cl)c1. The molecule has 0 aliphatic carbocycles. The Kier molecular flexibility index (Phi) is 5.02. The summed E-state index contributed by atoms with van der Waals surface area (Å²) >= 11 is 12.9. The van der Waals surface area contributed by atoms with Crippen molar-refractivity contribution in [1.29, 1.82) is 0 Å². The van der Waals surface area contributed by atoms with Crippen LogP contribution in [0.2, 0.25) is 10.0 Å². The van der Waals surface area contributed by atoms with E-state index in [1.807, 2.05) is 30.3 Å². The molecule has 2 aromatic rings. The van der Waals surface area contributed by atoms with Crippen LogP contribution in [0.1, 0.15) is 25.3 Å². The Bertz CT molecular complexity index is 629. The van der Waals surface area contributed by atoms with E-state index >= 15 is 0 Å². The minimum absolute atomic E-state index is 0.323. The largest absolute Gasteiger partial charge is 0.497 e. The van der Waals surface area contributed by atoms with Gasteiger partial charge in [-0.05, 0) is 29.2 Å². The van der Waals surface area contributed by atoms with E-state index in [0.29, 0.717) is 27.5 Å². The molecule has 0 spiro atoms. The van der Waals surface area contributed by atoms with Gasteiger partial charge in [0.15, 0.2) is 0 Å². The summed E-state index contributed by atoms with van der Waals surface area (Å²) in [6.07, 6.45) is 0. The summed E-state index contributed by atoms with van der Waals surface area (Å²) in [5.74, 6) is 1.75. The minimum Gasteiger partial charge on any atom is -0.497 e. The van der Waals surface area contributed by atoms with Crippen molar-refractivity contribution in [2.24, 2.45) is 0 Å². The summed E-state index contributed by atoms with van der Waals surface area (Å²) in [7, 11) is 3.24. The normalized spacial score (nSPS) is 10.8. The molecule has 0 atom stereocenters. The molecule has 2 nitrogen and oxygen atoms in total. The molecule has 0 aliphatic rings. The molecule has 0 heterocycles. The highest BCUT2D eigenvalue weighted by Gasteiger charge is 2.14. The number of ether oxygens (including phenoxy) is 2. The molecule has 21 heavy (non-hydrogen) atoms. The number of halogens is 2. The van der Waals surface area contributed by atoms with Gasteiger partial charge in [0.2, 0.25) is 0 Å². The highest BCUT2D eigenvalue weighted by molar-refractivity contribution is 6.44. The number of benzene rings is 2. The maximum atomic E-state index is 6.45. The van der Waals surface area contributed by atoms with Gasteiger partial charge < -0.3 is 9.47 Å². The second kappa shape index (κ2) is 6.59. The van der Waals surface area contributed by atoms with Gasteiger partial charge in [-0.3, -0.25) is 0 Å². The highest BCUT2D eigenvalue weighted by atomic mass is 35.5. The van der Waals surface area contributed by atoms with E-state index in [1.54, 1.807) is 14.2 Å². The molecule has 0 fully saturated rings. The van der Waals surface area contributed by atoms with E-state index < -0.39 is 0 Å². The van der Waals surface area contributed by atoms with Crippen LogP contribution in [0.15, 0.2) is 30.3 Å². The zero-order chi connectivity index (χ0) is 15.6. The van der Waals surface area contributed by atoms with Crippen LogP contribution in [0.3, 0.4) is 0 Å². The van der Waals surface area contributed by atoms with E-state index in [4.69, 9.17) is 32.7 Å². The Balaban J connectivity index is 2.59. The second-order valence-electron chi connectivity index (χ2n) is 5.09. The van der Waals surface area contributed by atoms with E-state index in [9.17, 15) is 0 Å². The molecule has 112 valence electrons. The van der Waals surface area contributed by atoms with Crippen molar-refractivity contribution in [3.05, 3.63) is 45.9 Å². The molecular weight excluding hydrogens is 307 g/mol. The van der Waals surface area contributed by atoms with Crippen molar-refractivity contribution < 1.29 is 9.47 Å². The average Bonchev–Trinajstić information content (AvgIpc) is 2.48. The first-order valence-electron chi connectivity index (χ1n) is 6.69. The summed E-state index contributed by atoms with van der Waals surface area (Å²) in [4.78, 5) is 0. The van der Waals surface area contributed by atoms with E-state index in [0.717, 1.165) is 16.7 Å². The van der Waals surface area contributed by atoms with E-state index in [1.165, 1.54) is 0 Å². The smallest absolute Gasteiger partial charge is 0.123 e. The van der Waals surface area contributed by atoms with Crippen LogP contribution >= 0.6 is 23.2 Å². The van der Waals surface area contributed by atoms with Gasteiger partial charge in [0.05, 0.1) is 24.3 Å². The fourth-order valence-electron chi connectivity index (χ4n) is 2.20. The molecule has 0 unspecified atom stereocenters. The second-order valence-corrected chi connectivity index (χ2v) is 5.84. The molecule has 4 heteroatoms. The number of methoxy groups -OCH3 is 2. The fourth-order valence-corrected chi connectivity index (χ4v) is 2.86. The molecule has 2 aromatic carbocycles. The quantitative estimate of drug-likeness (QED) is 0.707. The van der Waals surface area contributed by atoms with Crippen LogP contribution < -0.4 is 9.47 Å². The number of hydrogen-bond acceptors (Lipinski definition) is 2. The average molecular weight is 325 g/mol. The van der Waals surface area contributed by atoms with Crippen LogP contribution in [0, 0.1) is 0 Å². The minimum atomic E-state index is 0.323. The number of hydrogen-bond donors (Lipinski definition) is 0. The van der Waals surface area contributed by atoms with Crippen molar-refractivity contribution >= 4 is 23.2 Å². The molecule has 0 saturated carbocycles. The Morgan fingerprint density at radius 2 is 1.43 bits per heavy atom. The maximum Gasteiger partial charge on any atom is 0.123 e. The van der Waals surface area contributed by atoms with E-state index in [2.05, 4.69) is 13.8 Å². The maximum absolute atomic E-state index is 6.45. The van der Waals surface area contributed by atoms with Gasteiger partial charge in [-0.15, -0.1) is 0 Å². The van der Waals surface area contributed by atoms with Gasteiger partial charge in [0.25, 0.3) is 0 Å². The summed E-state index contributed by atoms with van der Waals surface area (Å²) in [6, 6.07) is 9.64. The summed E-state index contributed by atoms with van der Waals surface area (Å²) in [5.41, 5.74) is 2.82. The van der Waals surface area contributed by atoms with Crippen LogP contribution in [-0.4, -0.2) is 14.2 Å². The van der Waals surface area contributed by atoms with Crippen molar-refractivity contribution in [1.82, 2.24) is 0 Å². The lowest BCUT2D eigenvalue weighted by Gasteiger charge is -2.14. The van der Waals surface area contributed by atoms with Crippen molar-refractivity contribution in [3.63, 3.8) is 0 Å². The zero-order valence-corrected chi connectivity index (χ0v) is 14.0. The van der Waals surface area contributed by atoms with Crippen molar-refractivity contribution in [3.8, 4) is 22.6 Å². The van der Waals surface area contributed by atoms with Gasteiger partial charge in [0, 0.05) is 11.6 Å². The topological polar surface area (TPSA) is 18.5 Å². The fraction of sp³-hybridized carbons (Fsp3) is 0.294. The van der Waals surface area contributed by atoms with Crippen molar-refractivity contribution in [2.45, 2.75) is 19.8 Å². The van der Waals surface area contributed by atoms with Crippen LogP contribution in [0.25, 0.3) is 11.1 Å². The summed E-state index contributed by atoms with van der Waals surface area (Å²) < 4.78 is 10.6. The molecule has 0 saturated heterocycles. The van der Waals surface area contributed by atoms with Gasteiger partial charge in [-0.1, -0.05) is 49.2 Å². The zero-order valence-electron chi connectivity index (χ0n) is 12.5. The van der Waals surface area contributed by atoms with Gasteiger partial charge in [-0.2, -0.15) is 0 Å². The first-order valence-corrected chi connectivity index (χ1v) is 7.44. The molecule has 0 aromatic heterocycles. The van der Waals surface area contributed by atoms with Crippen LogP contribution in [0.5, 0.6) is 11.5 Å². The van der Waals surface area contributed by atoms with Gasteiger partial charge in [-0.25, -0.2) is 0 Å². The molecule has 0 bridgehead atoms. The third kappa shape index (κ3) is 3.28. The van der Waals surface area contributed by atoms with Crippen LogP contribution in [0.4, 0.5) is 0 Å². The monoisotopic (exact) mass is 324 g/mol. The predicted molar refractivity (Wildman–Crippen MR) is 89.1 cm³/mol. The van der Waals surface area contributed by atoms with Crippen molar-refractivity contribution in [2.75, 3.05) is 14.2 Å². The third-order valence-electron chi connectivity index (χ3n) is 3.40. The first-order chi connectivity index (χ1) is 9.97. The van der Waals surface area contributed by atoms with E-state index in [-0.39, 0.29) is 0 Å². The standard InChI is InChI=1S/C17H18Cl2O2/c1-10(2)14-5-6-15(17(19)16(14)18)11-7-12(20-3)9-13(8-11)21-4/h5-10H,1-4H3. The van der Waals surface area contributed by atoms with Gasteiger partial charge >= 0.3 is 0 Å². The Labute approximate surface area is 135 Å². The third-order valence-corrected chi connectivity index (χ3v) is 4.29. The summed E-state index contributed by atoms with van der Waals surface area (Å²) in [6.45, 7) is 4.18. The molecule has 0 radical (unpaired) electrons. The molecule has 0 amide bonds. The summed E-state index contributed by atoms with van der Waals surface area (Å²) in [5, 5.41) is 1.16. The Morgan fingerprint density at radius 3 is 1.90 bits per heavy atom. The highest BCUT2D eigenvalue weighted by Crippen LogP contribution is 2.40. The molecule has 0 N–H and O–H groups in total. The lowest BCUT2D eigenvalue weighted by Crippen LogP contribution is -1.93. The lowest BCUT2D eigenvalue weighted by atomic mass is 9.98. The first kappa shape index (κ1) is 16.0. The number of rotatable bonds is 4. The van der Waals surface area contributed by atoms with Gasteiger partial charge in [0.1, 0.15) is 11.5 Å². The molecule has 2 rings (SSSR count). The lowest BCUT2D eigenvalue weighted by molar-refractivity contribution is 0.394. The molecular formula is C17H18Cl2O2. The van der Waals surface area contributed by atoms with Crippen LogP contribution in [-0.2, 0) is 0 Å².